The first-order valence-electron chi connectivity index (χ1n) is 7.67. The van der Waals surface area contributed by atoms with Gasteiger partial charge in [0, 0.05) is 12.6 Å². The molecule has 0 amide bonds. The van der Waals surface area contributed by atoms with Crippen LogP contribution >= 0.6 is 0 Å². The quantitative estimate of drug-likeness (QED) is 0.790. The first kappa shape index (κ1) is 13.4. The molecule has 2 saturated carbocycles. The third-order valence-electron chi connectivity index (χ3n) is 5.06. The van der Waals surface area contributed by atoms with Gasteiger partial charge in [0.15, 0.2) is 0 Å². The Kier molecular flexibility index (Phi) is 4.87. The van der Waals surface area contributed by atoms with Gasteiger partial charge in [0.25, 0.3) is 0 Å². The number of hydrogen-bond donors (Lipinski definition) is 2. The maximum atomic E-state index is 5.90. The molecule has 100 valence electrons. The maximum absolute atomic E-state index is 5.90. The summed E-state index contributed by atoms with van der Waals surface area (Å²) in [6.45, 7) is 4.56. The van der Waals surface area contributed by atoms with Crippen molar-refractivity contribution in [1.29, 1.82) is 0 Å². The predicted molar refractivity (Wildman–Crippen MR) is 74.0 cm³/mol. The summed E-state index contributed by atoms with van der Waals surface area (Å²) >= 11 is 0. The van der Waals surface area contributed by atoms with Crippen molar-refractivity contribution in [3.8, 4) is 0 Å². The summed E-state index contributed by atoms with van der Waals surface area (Å²) < 4.78 is 0. The lowest BCUT2D eigenvalue weighted by Gasteiger charge is -2.38. The van der Waals surface area contributed by atoms with Crippen LogP contribution in [0, 0.1) is 11.3 Å². The van der Waals surface area contributed by atoms with Crippen LogP contribution in [0.5, 0.6) is 0 Å². The number of nitrogens with two attached hydrogens (primary N) is 1. The molecule has 2 rings (SSSR count). The van der Waals surface area contributed by atoms with Gasteiger partial charge in [-0.15, -0.1) is 0 Å². The molecule has 0 aromatic heterocycles. The highest BCUT2D eigenvalue weighted by molar-refractivity contribution is 4.86. The van der Waals surface area contributed by atoms with Crippen molar-refractivity contribution in [2.24, 2.45) is 17.1 Å². The van der Waals surface area contributed by atoms with E-state index in [0.717, 1.165) is 12.5 Å². The van der Waals surface area contributed by atoms with E-state index in [0.29, 0.717) is 11.5 Å². The molecular weight excluding hydrogens is 208 g/mol. The van der Waals surface area contributed by atoms with Crippen molar-refractivity contribution in [3.63, 3.8) is 0 Å². The summed E-state index contributed by atoms with van der Waals surface area (Å²) in [6.07, 6.45) is 12.6. The number of rotatable bonds is 4. The van der Waals surface area contributed by atoms with Crippen molar-refractivity contribution in [1.82, 2.24) is 5.32 Å². The Bertz CT molecular complexity index is 221. The highest BCUT2D eigenvalue weighted by Crippen LogP contribution is 2.35. The average Bonchev–Trinajstić information content (AvgIpc) is 2.38. The molecule has 0 saturated heterocycles. The molecule has 0 radical (unpaired) electrons. The Morgan fingerprint density at radius 3 is 2.47 bits per heavy atom. The zero-order valence-corrected chi connectivity index (χ0v) is 11.5. The zero-order valence-electron chi connectivity index (χ0n) is 11.5. The van der Waals surface area contributed by atoms with Crippen molar-refractivity contribution in [2.75, 3.05) is 13.1 Å². The first-order valence-corrected chi connectivity index (χ1v) is 7.67. The summed E-state index contributed by atoms with van der Waals surface area (Å²) in [5.41, 5.74) is 6.46. The normalized spacial score (nSPS) is 33.5. The van der Waals surface area contributed by atoms with E-state index in [1.54, 1.807) is 0 Å². The average molecular weight is 238 g/mol. The molecule has 0 heterocycles. The Labute approximate surface area is 107 Å². The van der Waals surface area contributed by atoms with Crippen LogP contribution < -0.4 is 11.1 Å². The third-order valence-corrected chi connectivity index (χ3v) is 5.06. The van der Waals surface area contributed by atoms with Crippen molar-refractivity contribution in [2.45, 2.75) is 70.8 Å². The van der Waals surface area contributed by atoms with Crippen LogP contribution in [0.2, 0.25) is 0 Å². The summed E-state index contributed by atoms with van der Waals surface area (Å²) in [5, 5.41) is 3.85. The summed E-state index contributed by atoms with van der Waals surface area (Å²) in [6, 6.07) is 0.701. The second-order valence-corrected chi connectivity index (χ2v) is 6.64. The van der Waals surface area contributed by atoms with Crippen LogP contribution in [0.3, 0.4) is 0 Å². The highest BCUT2D eigenvalue weighted by atomic mass is 14.9. The van der Waals surface area contributed by atoms with E-state index in [2.05, 4.69) is 12.2 Å². The molecule has 0 aliphatic heterocycles. The van der Waals surface area contributed by atoms with E-state index in [1.165, 1.54) is 64.3 Å². The lowest BCUT2D eigenvalue weighted by Crippen LogP contribution is -2.46. The molecule has 2 unspecified atom stereocenters. The van der Waals surface area contributed by atoms with Crippen molar-refractivity contribution in [3.05, 3.63) is 0 Å². The van der Waals surface area contributed by atoms with E-state index < -0.39 is 0 Å². The van der Waals surface area contributed by atoms with Gasteiger partial charge >= 0.3 is 0 Å². The molecule has 17 heavy (non-hydrogen) atoms. The van der Waals surface area contributed by atoms with Crippen molar-refractivity contribution < 1.29 is 0 Å². The predicted octanol–water partition coefficient (Wildman–Crippen LogP) is 3.06. The van der Waals surface area contributed by atoms with E-state index in [4.69, 9.17) is 5.73 Å². The zero-order chi connectivity index (χ0) is 12.1. The molecule has 2 atom stereocenters. The van der Waals surface area contributed by atoms with Crippen LogP contribution in [-0.4, -0.2) is 19.1 Å². The van der Waals surface area contributed by atoms with Crippen molar-refractivity contribution >= 4 is 0 Å². The minimum atomic E-state index is 0.564. The molecule has 2 aliphatic rings. The van der Waals surface area contributed by atoms with Crippen LogP contribution in [0.15, 0.2) is 0 Å². The molecular formula is C15H30N2. The molecule has 3 N–H and O–H groups in total. The Morgan fingerprint density at radius 1 is 1.06 bits per heavy atom. The van der Waals surface area contributed by atoms with Gasteiger partial charge in [-0.1, -0.05) is 39.0 Å². The van der Waals surface area contributed by atoms with Gasteiger partial charge in [0.1, 0.15) is 0 Å². The second kappa shape index (κ2) is 6.19. The van der Waals surface area contributed by atoms with Gasteiger partial charge in [-0.05, 0) is 43.6 Å². The van der Waals surface area contributed by atoms with Gasteiger partial charge < -0.3 is 11.1 Å². The van der Waals surface area contributed by atoms with Crippen LogP contribution in [0.4, 0.5) is 0 Å². The Balaban J connectivity index is 1.79. The van der Waals surface area contributed by atoms with Crippen LogP contribution in [-0.2, 0) is 0 Å². The SMILES string of the molecule is CC1(CNC2CCCCC2CN)CCCCC1. The van der Waals surface area contributed by atoms with Gasteiger partial charge in [-0.25, -0.2) is 0 Å². The van der Waals surface area contributed by atoms with E-state index in [-0.39, 0.29) is 0 Å². The van der Waals surface area contributed by atoms with Gasteiger partial charge in [0.05, 0.1) is 0 Å². The molecule has 2 fully saturated rings. The minimum Gasteiger partial charge on any atom is -0.330 e. The standard InChI is InChI=1S/C15H30N2/c1-15(9-5-2-6-10-15)12-17-14-8-4-3-7-13(14)11-16/h13-14,17H,2-12,16H2,1H3. The number of nitrogens with one attached hydrogen (secondary N) is 1. The Morgan fingerprint density at radius 2 is 1.76 bits per heavy atom. The summed E-state index contributed by atoms with van der Waals surface area (Å²) in [4.78, 5) is 0. The molecule has 2 heteroatoms. The lowest BCUT2D eigenvalue weighted by molar-refractivity contribution is 0.176. The fourth-order valence-corrected chi connectivity index (χ4v) is 3.72. The van der Waals surface area contributed by atoms with Crippen LogP contribution in [0.25, 0.3) is 0 Å². The molecule has 0 bridgehead atoms. The van der Waals surface area contributed by atoms with Crippen LogP contribution in [0.1, 0.15) is 64.7 Å². The second-order valence-electron chi connectivity index (χ2n) is 6.64. The molecule has 2 nitrogen and oxygen atoms in total. The first-order chi connectivity index (χ1) is 8.23. The molecule has 0 aromatic carbocycles. The fraction of sp³-hybridized carbons (Fsp3) is 1.00. The van der Waals surface area contributed by atoms with E-state index in [1.807, 2.05) is 0 Å². The van der Waals surface area contributed by atoms with Gasteiger partial charge in [-0.2, -0.15) is 0 Å². The minimum absolute atomic E-state index is 0.564. The van der Waals surface area contributed by atoms with E-state index in [9.17, 15) is 0 Å². The lowest BCUT2D eigenvalue weighted by atomic mass is 9.75. The summed E-state index contributed by atoms with van der Waals surface area (Å²) in [5.74, 6) is 0.732. The monoisotopic (exact) mass is 238 g/mol. The topological polar surface area (TPSA) is 38.0 Å². The molecule has 2 aliphatic carbocycles. The number of hydrogen-bond acceptors (Lipinski definition) is 2. The maximum Gasteiger partial charge on any atom is 0.0108 e. The third kappa shape index (κ3) is 3.69. The molecule has 0 aromatic rings. The highest BCUT2D eigenvalue weighted by Gasteiger charge is 2.29. The molecule has 0 spiro atoms. The fourth-order valence-electron chi connectivity index (χ4n) is 3.72. The largest absolute Gasteiger partial charge is 0.330 e. The van der Waals surface area contributed by atoms with Gasteiger partial charge in [0.2, 0.25) is 0 Å². The smallest absolute Gasteiger partial charge is 0.0108 e. The summed E-state index contributed by atoms with van der Waals surface area (Å²) in [7, 11) is 0. The van der Waals surface area contributed by atoms with E-state index >= 15 is 0 Å². The Hall–Kier alpha value is -0.0800. The van der Waals surface area contributed by atoms with Gasteiger partial charge in [-0.3, -0.25) is 0 Å².